The number of benzene rings is 3. The maximum absolute atomic E-state index is 11.1. The molecule has 0 aliphatic carbocycles. The molecule has 1 atom stereocenters. The summed E-state index contributed by atoms with van der Waals surface area (Å²) in [5, 5.41) is 25.0. The van der Waals surface area contributed by atoms with Gasteiger partial charge in [-0.05, 0) is 48.0 Å². The molecule has 0 saturated heterocycles. The van der Waals surface area contributed by atoms with E-state index in [4.69, 9.17) is 4.74 Å². The lowest BCUT2D eigenvalue weighted by atomic mass is 10.1. The van der Waals surface area contributed by atoms with Gasteiger partial charge in [0.25, 0.3) is 0 Å². The van der Waals surface area contributed by atoms with Crippen LogP contribution in [0.4, 0.5) is 11.4 Å². The molecule has 7 nitrogen and oxygen atoms in total. The van der Waals surface area contributed by atoms with Crippen molar-refractivity contribution >= 4 is 23.1 Å². The molecule has 0 saturated carbocycles. The molecule has 5 rings (SSSR count). The van der Waals surface area contributed by atoms with Crippen molar-refractivity contribution in [2.45, 2.75) is 29.0 Å². The highest BCUT2D eigenvalue weighted by atomic mass is 32.2. The first-order chi connectivity index (χ1) is 18.2. The van der Waals surface area contributed by atoms with Crippen LogP contribution in [0, 0.1) is 0 Å². The molecule has 0 spiro atoms. The average Bonchev–Trinajstić information content (AvgIpc) is 3.43. The Kier molecular flexibility index (Phi) is 8.42. The van der Waals surface area contributed by atoms with Gasteiger partial charge in [0.15, 0.2) is 0 Å². The summed E-state index contributed by atoms with van der Waals surface area (Å²) in [7, 11) is 0. The van der Waals surface area contributed by atoms with E-state index in [1.165, 1.54) is 9.79 Å². The molecule has 8 heteroatoms. The number of aromatic nitrogens is 2. The lowest BCUT2D eigenvalue weighted by molar-refractivity contribution is 0.100. The van der Waals surface area contributed by atoms with Gasteiger partial charge in [-0.2, -0.15) is 5.10 Å². The number of hydrogen-bond donors (Lipinski definition) is 2. The Morgan fingerprint density at radius 3 is 2.27 bits per heavy atom. The van der Waals surface area contributed by atoms with Crippen LogP contribution in [0.5, 0.6) is 5.75 Å². The second-order valence-electron chi connectivity index (χ2n) is 9.02. The third-order valence-electron chi connectivity index (χ3n) is 6.29. The zero-order valence-corrected chi connectivity index (χ0v) is 21.5. The quantitative estimate of drug-likeness (QED) is 0.289. The Morgan fingerprint density at radius 2 is 1.62 bits per heavy atom. The lowest BCUT2D eigenvalue weighted by Gasteiger charge is -2.35. The number of hydrogen-bond acceptors (Lipinski definition) is 7. The van der Waals surface area contributed by atoms with E-state index >= 15 is 0 Å². The first-order valence-electron chi connectivity index (χ1n) is 12.5. The molecule has 0 fully saturated rings. The summed E-state index contributed by atoms with van der Waals surface area (Å²) in [5.74, 6) is 0.810. The minimum Gasteiger partial charge on any atom is -0.492 e. The number of anilines is 2. The van der Waals surface area contributed by atoms with Gasteiger partial charge in [-0.3, -0.25) is 9.58 Å². The van der Waals surface area contributed by atoms with Crippen molar-refractivity contribution in [2.75, 3.05) is 37.7 Å². The topological polar surface area (TPSA) is 74.0 Å². The molecular formula is C29H32N4O3S. The summed E-state index contributed by atoms with van der Waals surface area (Å²) in [6.07, 6.45) is 3.08. The fourth-order valence-corrected chi connectivity index (χ4v) is 5.66. The minimum atomic E-state index is -0.597. The summed E-state index contributed by atoms with van der Waals surface area (Å²) in [6, 6.07) is 26.5. The minimum absolute atomic E-state index is 0.0351. The van der Waals surface area contributed by atoms with Crippen molar-refractivity contribution in [3.05, 3.63) is 96.8 Å². The summed E-state index contributed by atoms with van der Waals surface area (Å²) in [4.78, 5) is 6.67. The molecule has 1 aliphatic rings. The van der Waals surface area contributed by atoms with E-state index in [-0.39, 0.29) is 6.61 Å². The van der Waals surface area contributed by atoms with E-state index < -0.39 is 6.10 Å². The molecular weight excluding hydrogens is 484 g/mol. The van der Waals surface area contributed by atoms with E-state index in [1.54, 1.807) is 18.0 Å². The van der Waals surface area contributed by atoms with Crippen molar-refractivity contribution < 1.29 is 14.9 Å². The molecule has 192 valence electrons. The van der Waals surface area contributed by atoms with E-state index in [9.17, 15) is 10.2 Å². The second-order valence-corrected chi connectivity index (χ2v) is 10.1. The summed E-state index contributed by atoms with van der Waals surface area (Å²) >= 11 is 1.76. The van der Waals surface area contributed by atoms with E-state index in [2.05, 4.69) is 39.2 Å². The van der Waals surface area contributed by atoms with Gasteiger partial charge in [-0.1, -0.05) is 48.2 Å². The number of nitrogens with zero attached hydrogens (tertiary/aromatic N) is 4. The van der Waals surface area contributed by atoms with Crippen LogP contribution in [0.15, 0.2) is 101 Å². The van der Waals surface area contributed by atoms with Crippen LogP contribution in [-0.4, -0.2) is 63.8 Å². The van der Waals surface area contributed by atoms with Crippen LogP contribution in [0.3, 0.4) is 0 Å². The Bertz CT molecular complexity index is 1220. The highest BCUT2D eigenvalue weighted by Crippen LogP contribution is 2.47. The second kappa shape index (κ2) is 12.3. The fraction of sp³-hybridized carbons (Fsp3) is 0.276. The maximum atomic E-state index is 11.1. The van der Waals surface area contributed by atoms with Gasteiger partial charge in [0.1, 0.15) is 12.4 Å². The molecule has 1 aliphatic heterocycles. The molecule has 2 heterocycles. The number of β-amino-alcohol motifs (C(OH)–C–C–N with tert-alkyl or cyclic N) is 1. The van der Waals surface area contributed by atoms with Gasteiger partial charge in [0.2, 0.25) is 0 Å². The molecule has 1 aromatic heterocycles. The van der Waals surface area contributed by atoms with Gasteiger partial charge in [-0.15, -0.1) is 0 Å². The number of aliphatic hydroxyl groups excluding tert-OH is 2. The molecule has 0 radical (unpaired) electrons. The Morgan fingerprint density at radius 1 is 0.919 bits per heavy atom. The van der Waals surface area contributed by atoms with Crippen LogP contribution in [0.25, 0.3) is 0 Å². The van der Waals surface area contributed by atoms with Gasteiger partial charge >= 0.3 is 0 Å². The highest BCUT2D eigenvalue weighted by molar-refractivity contribution is 7.99. The van der Waals surface area contributed by atoms with E-state index in [1.807, 2.05) is 65.5 Å². The number of rotatable bonds is 12. The van der Waals surface area contributed by atoms with Crippen LogP contribution in [0.1, 0.15) is 5.56 Å². The standard InChI is InChI=1S/C29H32N4O3S/c34-18-16-31(20-23-10-12-25(13-11-23)36-19-17-32-15-5-14-30-32)21-24(35)22-33-26-6-1-3-8-28(26)37-29-9-4-2-7-27(29)33/h1-15,24,34-35H,16-22H2/t24-/m0/s1. The molecule has 4 aromatic rings. The van der Waals surface area contributed by atoms with Crippen molar-refractivity contribution in [2.24, 2.45) is 0 Å². The summed E-state index contributed by atoms with van der Waals surface area (Å²) in [5.41, 5.74) is 3.33. The molecule has 0 unspecified atom stereocenters. The van der Waals surface area contributed by atoms with E-state index in [0.717, 1.165) is 22.7 Å². The largest absolute Gasteiger partial charge is 0.492 e. The van der Waals surface area contributed by atoms with Crippen molar-refractivity contribution in [1.29, 1.82) is 0 Å². The third-order valence-corrected chi connectivity index (χ3v) is 7.42. The van der Waals surface area contributed by atoms with Crippen LogP contribution in [-0.2, 0) is 13.1 Å². The Hall–Kier alpha value is -3.30. The molecule has 0 amide bonds. The summed E-state index contributed by atoms with van der Waals surface area (Å²) in [6.45, 7) is 3.33. The Balaban J connectivity index is 1.19. The maximum Gasteiger partial charge on any atom is 0.119 e. The predicted octanol–water partition coefficient (Wildman–Crippen LogP) is 4.42. The van der Waals surface area contributed by atoms with Crippen molar-refractivity contribution in [3.63, 3.8) is 0 Å². The molecule has 2 N–H and O–H groups in total. The molecule has 3 aromatic carbocycles. The average molecular weight is 517 g/mol. The van der Waals surface area contributed by atoms with Gasteiger partial charge in [0, 0.05) is 41.8 Å². The number of para-hydroxylation sites is 2. The number of ether oxygens (including phenoxy) is 1. The molecule has 0 bridgehead atoms. The first-order valence-corrected chi connectivity index (χ1v) is 13.3. The smallest absolute Gasteiger partial charge is 0.119 e. The lowest BCUT2D eigenvalue weighted by Crippen LogP contribution is -2.40. The highest BCUT2D eigenvalue weighted by Gasteiger charge is 2.25. The zero-order chi connectivity index (χ0) is 25.5. The zero-order valence-electron chi connectivity index (χ0n) is 20.7. The third kappa shape index (κ3) is 6.53. The van der Waals surface area contributed by atoms with Crippen molar-refractivity contribution in [1.82, 2.24) is 14.7 Å². The predicted molar refractivity (Wildman–Crippen MR) is 147 cm³/mol. The fourth-order valence-electron chi connectivity index (χ4n) is 4.56. The van der Waals surface area contributed by atoms with Gasteiger partial charge in [0.05, 0.1) is 37.2 Å². The normalized spacial score (nSPS) is 13.3. The van der Waals surface area contributed by atoms with Gasteiger partial charge in [-0.25, -0.2) is 0 Å². The molecule has 37 heavy (non-hydrogen) atoms. The number of aliphatic hydroxyl groups is 2. The summed E-state index contributed by atoms with van der Waals surface area (Å²) < 4.78 is 7.67. The van der Waals surface area contributed by atoms with Crippen LogP contribution in [0.2, 0.25) is 0 Å². The SMILES string of the molecule is OCCN(Cc1ccc(OCCn2cccn2)cc1)C[C@H](O)CN1c2ccccc2Sc2ccccc21. The monoisotopic (exact) mass is 516 g/mol. The number of fused-ring (bicyclic) bond motifs is 2. The Labute approximate surface area is 221 Å². The van der Waals surface area contributed by atoms with Crippen LogP contribution < -0.4 is 9.64 Å². The van der Waals surface area contributed by atoms with Crippen LogP contribution >= 0.6 is 11.8 Å². The van der Waals surface area contributed by atoms with E-state index in [0.29, 0.717) is 39.3 Å². The van der Waals surface area contributed by atoms with Gasteiger partial charge < -0.3 is 19.8 Å². The first kappa shape index (κ1) is 25.4. The van der Waals surface area contributed by atoms with Crippen molar-refractivity contribution in [3.8, 4) is 5.75 Å².